The zero-order chi connectivity index (χ0) is 10.6. The summed E-state index contributed by atoms with van der Waals surface area (Å²) in [5, 5.41) is 7.89. The highest BCUT2D eigenvalue weighted by molar-refractivity contribution is 5.94. The number of amides is 2. The van der Waals surface area contributed by atoms with Crippen LogP contribution < -0.4 is 16.8 Å². The number of hydrazone groups is 1. The van der Waals surface area contributed by atoms with E-state index in [1.54, 1.807) is 5.01 Å². The van der Waals surface area contributed by atoms with Crippen LogP contribution in [0.3, 0.4) is 0 Å². The molecule has 1 atom stereocenters. The lowest BCUT2D eigenvalue weighted by molar-refractivity contribution is -0.0174. The zero-order valence-corrected chi connectivity index (χ0v) is 8.06. The molecule has 80 valence electrons. The summed E-state index contributed by atoms with van der Waals surface area (Å²) in [7, 11) is 0. The van der Waals surface area contributed by atoms with Crippen LogP contribution >= 0.6 is 0 Å². The van der Waals surface area contributed by atoms with Crippen LogP contribution in [0.25, 0.3) is 0 Å². The Balaban J connectivity index is 2.44. The summed E-state index contributed by atoms with van der Waals surface area (Å²) in [4.78, 5) is 10.4. The van der Waals surface area contributed by atoms with E-state index >= 15 is 0 Å². The molecule has 0 radical (unpaired) electrons. The van der Waals surface area contributed by atoms with Gasteiger partial charge in [0.15, 0.2) is 0 Å². The average Bonchev–Trinajstić information content (AvgIpc) is 2.01. The molecule has 0 aromatic heterocycles. The molecule has 1 fully saturated rings. The van der Waals surface area contributed by atoms with E-state index in [1.807, 2.05) is 6.92 Å². The van der Waals surface area contributed by atoms with Gasteiger partial charge in [0.1, 0.15) is 0 Å². The van der Waals surface area contributed by atoms with Gasteiger partial charge in [-0.15, -0.1) is 5.10 Å². The first-order chi connectivity index (χ1) is 6.58. The molecule has 14 heavy (non-hydrogen) atoms. The fourth-order valence-electron chi connectivity index (χ4n) is 1.19. The van der Waals surface area contributed by atoms with Crippen LogP contribution in [0.5, 0.6) is 0 Å². The summed E-state index contributed by atoms with van der Waals surface area (Å²) in [6.07, 6.45) is 0.119. The van der Waals surface area contributed by atoms with E-state index in [4.69, 9.17) is 16.2 Å². The molecule has 7 heteroatoms. The molecular formula is C7H15N5O2. The average molecular weight is 201 g/mol. The second kappa shape index (κ2) is 4.66. The molecule has 1 saturated heterocycles. The second-order valence-electron chi connectivity index (χ2n) is 3.07. The largest absolute Gasteiger partial charge is 0.375 e. The van der Waals surface area contributed by atoms with E-state index in [0.717, 1.165) is 0 Å². The van der Waals surface area contributed by atoms with Crippen molar-refractivity contribution in [1.29, 1.82) is 0 Å². The second-order valence-corrected chi connectivity index (χ2v) is 3.07. The van der Waals surface area contributed by atoms with Crippen molar-refractivity contribution in [3.05, 3.63) is 0 Å². The molecule has 7 nitrogen and oxygen atoms in total. The number of ether oxygens (including phenoxy) is 1. The number of carbonyl (C=O) groups excluding carboxylic acids is 1. The molecule has 0 bridgehead atoms. The highest BCUT2D eigenvalue weighted by Gasteiger charge is 2.15. The molecule has 0 aromatic carbocycles. The van der Waals surface area contributed by atoms with Crippen LogP contribution in [0.1, 0.15) is 6.92 Å². The number of primary amides is 1. The number of nitrogens with one attached hydrogen (secondary N) is 1. The van der Waals surface area contributed by atoms with Crippen molar-refractivity contribution in [2.75, 3.05) is 19.7 Å². The van der Waals surface area contributed by atoms with Gasteiger partial charge in [-0.25, -0.2) is 4.79 Å². The molecule has 1 unspecified atom stereocenters. The summed E-state index contributed by atoms with van der Waals surface area (Å²) in [5.74, 6) is 0.00611. The first kappa shape index (κ1) is 10.6. The van der Waals surface area contributed by atoms with Crippen LogP contribution in [0.15, 0.2) is 5.10 Å². The summed E-state index contributed by atoms with van der Waals surface area (Å²) in [6, 6.07) is -0.715. The van der Waals surface area contributed by atoms with Crippen LogP contribution in [0, 0.1) is 0 Å². The van der Waals surface area contributed by atoms with Gasteiger partial charge in [0.2, 0.25) is 5.96 Å². The number of rotatable bonds is 1. The molecule has 0 aromatic rings. The van der Waals surface area contributed by atoms with Crippen molar-refractivity contribution in [2.45, 2.75) is 13.0 Å². The number of morpholine rings is 1. The normalized spacial score (nSPS) is 23.4. The lowest BCUT2D eigenvalue weighted by atomic mass is 10.3. The van der Waals surface area contributed by atoms with Gasteiger partial charge >= 0.3 is 6.03 Å². The Kier molecular flexibility index (Phi) is 3.52. The minimum atomic E-state index is -0.715. The summed E-state index contributed by atoms with van der Waals surface area (Å²) >= 11 is 0. The van der Waals surface area contributed by atoms with Crippen LogP contribution in [-0.4, -0.2) is 42.8 Å². The predicted molar refractivity (Wildman–Crippen MR) is 51.3 cm³/mol. The highest BCUT2D eigenvalue weighted by Crippen LogP contribution is 2.03. The number of hydrogen-bond donors (Lipinski definition) is 3. The number of nitrogens with two attached hydrogens (primary N) is 2. The lowest BCUT2D eigenvalue weighted by Gasteiger charge is -2.28. The van der Waals surface area contributed by atoms with E-state index < -0.39 is 6.03 Å². The van der Waals surface area contributed by atoms with Crippen molar-refractivity contribution in [3.8, 4) is 0 Å². The molecule has 5 N–H and O–H groups in total. The zero-order valence-electron chi connectivity index (χ0n) is 8.06. The minimum absolute atomic E-state index is 0.00611. The third-order valence-corrected chi connectivity index (χ3v) is 1.72. The van der Waals surface area contributed by atoms with Gasteiger partial charge in [-0.2, -0.15) is 0 Å². The van der Waals surface area contributed by atoms with Gasteiger partial charge in [0, 0.05) is 0 Å². The first-order valence-electron chi connectivity index (χ1n) is 4.35. The molecule has 0 saturated carbocycles. The maximum absolute atomic E-state index is 10.4. The number of hydrogen-bond acceptors (Lipinski definition) is 4. The van der Waals surface area contributed by atoms with Gasteiger partial charge in [0.25, 0.3) is 0 Å². The smallest absolute Gasteiger partial charge is 0.318 e. The molecule has 2 amide bonds. The Morgan fingerprint density at radius 2 is 2.36 bits per heavy atom. The van der Waals surface area contributed by atoms with E-state index in [-0.39, 0.29) is 12.1 Å². The fraction of sp³-hybridized carbons (Fsp3) is 0.714. The maximum atomic E-state index is 10.4. The van der Waals surface area contributed by atoms with Crippen molar-refractivity contribution < 1.29 is 9.53 Å². The summed E-state index contributed by atoms with van der Waals surface area (Å²) < 4.78 is 5.31. The van der Waals surface area contributed by atoms with Gasteiger partial charge in [-0.1, -0.05) is 0 Å². The van der Waals surface area contributed by atoms with Crippen LogP contribution in [0.4, 0.5) is 4.79 Å². The van der Waals surface area contributed by atoms with E-state index in [0.29, 0.717) is 19.7 Å². The third kappa shape index (κ3) is 3.48. The molecule has 0 aliphatic carbocycles. The molecule has 1 aliphatic heterocycles. The first-order valence-corrected chi connectivity index (χ1v) is 4.35. The van der Waals surface area contributed by atoms with Gasteiger partial charge in [-0.3, -0.25) is 10.3 Å². The maximum Gasteiger partial charge on any atom is 0.318 e. The molecular weight excluding hydrogens is 186 g/mol. The number of nitrogens with zero attached hydrogens (tertiary/aromatic N) is 2. The molecule has 1 rings (SSSR count). The standard InChI is InChI=1S/C7H15N5O2/c1-5-4-12(2-3-14-5)11-6(8)10-7(9)13/h5H,2-4H2,1H3,(H5,8,9,10,11,13). The van der Waals surface area contributed by atoms with Gasteiger partial charge in [-0.05, 0) is 6.92 Å². The third-order valence-electron chi connectivity index (χ3n) is 1.72. The van der Waals surface area contributed by atoms with Crippen molar-refractivity contribution in [2.24, 2.45) is 16.6 Å². The van der Waals surface area contributed by atoms with Crippen molar-refractivity contribution in [3.63, 3.8) is 0 Å². The van der Waals surface area contributed by atoms with E-state index in [1.165, 1.54) is 0 Å². The quantitative estimate of drug-likeness (QED) is 0.358. The monoisotopic (exact) mass is 201 g/mol. The Bertz CT molecular complexity index is 242. The summed E-state index contributed by atoms with van der Waals surface area (Å²) in [5.41, 5.74) is 10.3. The Morgan fingerprint density at radius 1 is 1.64 bits per heavy atom. The number of guanidine groups is 1. The number of urea groups is 1. The fourth-order valence-corrected chi connectivity index (χ4v) is 1.19. The van der Waals surface area contributed by atoms with Crippen molar-refractivity contribution in [1.82, 2.24) is 10.3 Å². The Labute approximate surface area is 82.1 Å². The minimum Gasteiger partial charge on any atom is -0.375 e. The SMILES string of the molecule is CC1CN(/N=C(\N)NC(N)=O)CCO1. The lowest BCUT2D eigenvalue weighted by Crippen LogP contribution is -2.44. The Morgan fingerprint density at radius 3 is 2.93 bits per heavy atom. The van der Waals surface area contributed by atoms with Gasteiger partial charge in [0.05, 0.1) is 25.8 Å². The van der Waals surface area contributed by atoms with Gasteiger partial charge < -0.3 is 16.2 Å². The highest BCUT2D eigenvalue weighted by atomic mass is 16.5. The van der Waals surface area contributed by atoms with Crippen molar-refractivity contribution >= 4 is 12.0 Å². The number of carbonyl (C=O) groups is 1. The molecule has 1 aliphatic rings. The summed E-state index contributed by atoms with van der Waals surface area (Å²) in [6.45, 7) is 3.86. The topological polar surface area (TPSA) is 106 Å². The van der Waals surface area contributed by atoms with Crippen LogP contribution in [0.2, 0.25) is 0 Å². The van der Waals surface area contributed by atoms with E-state index in [2.05, 4.69) is 10.4 Å². The van der Waals surface area contributed by atoms with E-state index in [9.17, 15) is 4.79 Å². The van der Waals surface area contributed by atoms with Crippen LogP contribution in [-0.2, 0) is 4.74 Å². The predicted octanol–water partition coefficient (Wildman–Crippen LogP) is -1.39. The molecule has 0 spiro atoms. The molecule has 1 heterocycles. The Hall–Kier alpha value is -1.50.